The van der Waals surface area contributed by atoms with Crippen molar-refractivity contribution in [2.75, 3.05) is 4.90 Å². The van der Waals surface area contributed by atoms with Crippen molar-refractivity contribution in [1.29, 1.82) is 0 Å². The maximum absolute atomic E-state index is 12.9. The molecule has 134 valence electrons. The first kappa shape index (κ1) is 17.9. The van der Waals surface area contributed by atoms with Gasteiger partial charge in [0.15, 0.2) is 11.5 Å². The van der Waals surface area contributed by atoms with E-state index in [1.165, 1.54) is 4.90 Å². The molecular weight excluding hydrogens is 326 g/mol. The largest absolute Gasteiger partial charge is 0.503 e. The van der Waals surface area contributed by atoms with E-state index in [0.717, 1.165) is 11.1 Å². The number of aliphatic hydroxyl groups excluding tert-OH is 1. The van der Waals surface area contributed by atoms with Crippen molar-refractivity contribution in [3.8, 4) is 0 Å². The summed E-state index contributed by atoms with van der Waals surface area (Å²) in [6.07, 6.45) is 0.289. The van der Waals surface area contributed by atoms with Crippen molar-refractivity contribution < 1.29 is 14.7 Å². The Balaban J connectivity index is 2.16. The highest BCUT2D eigenvalue weighted by Gasteiger charge is 2.44. The van der Waals surface area contributed by atoms with E-state index < -0.39 is 17.7 Å². The standard InChI is InChI=1S/C22H23NO3/c1-14(2)13-18(24)19-20(16-10-5-4-6-11-16)23(22(26)21(19)25)17-12-8-7-9-15(17)3/h4-12,14,20,25H,13H2,1-3H3. The zero-order valence-corrected chi connectivity index (χ0v) is 15.3. The highest BCUT2D eigenvalue weighted by molar-refractivity contribution is 6.16. The van der Waals surface area contributed by atoms with Crippen molar-refractivity contribution in [2.24, 2.45) is 5.92 Å². The molecule has 1 atom stereocenters. The molecule has 0 bridgehead atoms. The molecule has 1 aliphatic heterocycles. The van der Waals surface area contributed by atoms with Gasteiger partial charge in [0, 0.05) is 12.1 Å². The second kappa shape index (κ2) is 7.16. The molecule has 0 spiro atoms. The van der Waals surface area contributed by atoms with E-state index in [4.69, 9.17) is 0 Å². The Morgan fingerprint density at radius 3 is 2.31 bits per heavy atom. The number of carbonyl (C=O) groups excluding carboxylic acids is 2. The van der Waals surface area contributed by atoms with Crippen LogP contribution in [0.4, 0.5) is 5.69 Å². The fourth-order valence-electron chi connectivity index (χ4n) is 3.40. The van der Waals surface area contributed by atoms with Gasteiger partial charge in [0.2, 0.25) is 0 Å². The lowest BCUT2D eigenvalue weighted by Crippen LogP contribution is -2.31. The first-order chi connectivity index (χ1) is 12.4. The number of para-hydroxylation sites is 1. The third-order valence-corrected chi connectivity index (χ3v) is 4.59. The second-order valence-corrected chi connectivity index (χ2v) is 7.06. The van der Waals surface area contributed by atoms with Gasteiger partial charge in [0.05, 0.1) is 11.6 Å². The minimum Gasteiger partial charge on any atom is -0.503 e. The third kappa shape index (κ3) is 3.15. The van der Waals surface area contributed by atoms with E-state index in [1.807, 2.05) is 75.4 Å². The number of nitrogens with zero attached hydrogens (tertiary/aromatic N) is 1. The molecule has 4 nitrogen and oxygen atoms in total. The number of Topliss-reactive ketones (excluding diaryl/α,β-unsaturated/α-hetero) is 1. The average Bonchev–Trinajstić information content (AvgIpc) is 2.87. The summed E-state index contributed by atoms with van der Waals surface area (Å²) in [7, 11) is 0. The summed E-state index contributed by atoms with van der Waals surface area (Å²) in [5.74, 6) is -1.01. The minimum atomic E-state index is -0.615. The van der Waals surface area contributed by atoms with Crippen LogP contribution in [0, 0.1) is 12.8 Å². The van der Waals surface area contributed by atoms with Gasteiger partial charge in [-0.2, -0.15) is 0 Å². The number of ketones is 1. The molecule has 0 fully saturated rings. The molecule has 0 saturated carbocycles. The van der Waals surface area contributed by atoms with Crippen LogP contribution in [0.5, 0.6) is 0 Å². The number of anilines is 1. The molecule has 26 heavy (non-hydrogen) atoms. The number of rotatable bonds is 5. The zero-order chi connectivity index (χ0) is 18.8. The van der Waals surface area contributed by atoms with Crippen LogP contribution >= 0.6 is 0 Å². The van der Waals surface area contributed by atoms with Crippen LogP contribution < -0.4 is 4.90 Å². The summed E-state index contributed by atoms with van der Waals surface area (Å²) in [6, 6.07) is 16.3. The van der Waals surface area contributed by atoms with Gasteiger partial charge in [-0.15, -0.1) is 0 Å². The van der Waals surface area contributed by atoms with Gasteiger partial charge in [-0.25, -0.2) is 0 Å². The quantitative estimate of drug-likeness (QED) is 0.864. The Bertz CT molecular complexity index is 868. The maximum Gasteiger partial charge on any atom is 0.294 e. The van der Waals surface area contributed by atoms with Crippen LogP contribution in [0.15, 0.2) is 65.9 Å². The molecule has 1 amide bonds. The number of benzene rings is 2. The van der Waals surface area contributed by atoms with Crippen LogP contribution in [-0.4, -0.2) is 16.8 Å². The number of hydrogen-bond acceptors (Lipinski definition) is 3. The fourth-order valence-corrected chi connectivity index (χ4v) is 3.40. The highest BCUT2D eigenvalue weighted by Crippen LogP contribution is 2.42. The second-order valence-electron chi connectivity index (χ2n) is 7.06. The van der Waals surface area contributed by atoms with Crippen LogP contribution in [0.3, 0.4) is 0 Å². The Morgan fingerprint density at radius 2 is 1.69 bits per heavy atom. The Hall–Kier alpha value is -2.88. The first-order valence-electron chi connectivity index (χ1n) is 8.82. The van der Waals surface area contributed by atoms with E-state index >= 15 is 0 Å². The molecule has 1 unspecified atom stereocenters. The van der Waals surface area contributed by atoms with Gasteiger partial charge in [0.1, 0.15) is 0 Å². The lowest BCUT2D eigenvalue weighted by atomic mass is 9.92. The summed E-state index contributed by atoms with van der Waals surface area (Å²) in [5.41, 5.74) is 2.61. The molecule has 1 N–H and O–H groups in total. The van der Waals surface area contributed by atoms with Gasteiger partial charge >= 0.3 is 0 Å². The Morgan fingerprint density at radius 1 is 1.08 bits per heavy atom. The number of aryl methyl sites for hydroxylation is 1. The molecule has 3 rings (SSSR count). The van der Waals surface area contributed by atoms with Crippen LogP contribution in [0.2, 0.25) is 0 Å². The SMILES string of the molecule is Cc1ccccc1N1C(=O)C(O)=C(C(=O)CC(C)C)C1c1ccccc1. The Kier molecular flexibility index (Phi) is 4.94. The molecule has 0 aromatic heterocycles. The van der Waals surface area contributed by atoms with Gasteiger partial charge in [-0.05, 0) is 30.0 Å². The van der Waals surface area contributed by atoms with Crippen LogP contribution in [0.25, 0.3) is 0 Å². The Labute approximate surface area is 153 Å². The first-order valence-corrected chi connectivity index (χ1v) is 8.82. The van der Waals surface area contributed by atoms with Crippen LogP contribution in [0.1, 0.15) is 37.4 Å². The number of amides is 1. The normalized spacial score (nSPS) is 17.3. The van der Waals surface area contributed by atoms with Gasteiger partial charge in [-0.1, -0.05) is 62.4 Å². The average molecular weight is 349 g/mol. The van der Waals surface area contributed by atoms with E-state index in [1.54, 1.807) is 0 Å². The maximum atomic E-state index is 12.9. The number of hydrogen-bond donors (Lipinski definition) is 1. The minimum absolute atomic E-state index is 0.141. The van der Waals surface area contributed by atoms with E-state index in [-0.39, 0.29) is 23.7 Å². The topological polar surface area (TPSA) is 57.6 Å². The van der Waals surface area contributed by atoms with E-state index in [2.05, 4.69) is 0 Å². The van der Waals surface area contributed by atoms with Crippen molar-refractivity contribution >= 4 is 17.4 Å². The summed E-state index contributed by atoms with van der Waals surface area (Å²) < 4.78 is 0. The predicted molar refractivity (Wildman–Crippen MR) is 102 cm³/mol. The highest BCUT2D eigenvalue weighted by atomic mass is 16.3. The molecule has 1 aliphatic rings. The smallest absolute Gasteiger partial charge is 0.294 e. The molecule has 4 heteroatoms. The summed E-state index contributed by atoms with van der Waals surface area (Å²) in [4.78, 5) is 27.3. The van der Waals surface area contributed by atoms with Gasteiger partial charge in [0.25, 0.3) is 5.91 Å². The molecule has 0 aliphatic carbocycles. The number of carbonyl (C=O) groups is 2. The lowest BCUT2D eigenvalue weighted by molar-refractivity contribution is -0.118. The van der Waals surface area contributed by atoms with E-state index in [9.17, 15) is 14.7 Å². The van der Waals surface area contributed by atoms with Gasteiger partial charge in [-0.3, -0.25) is 14.5 Å². The van der Waals surface area contributed by atoms with Gasteiger partial charge < -0.3 is 5.11 Å². The molecule has 2 aromatic carbocycles. The number of aliphatic hydroxyl groups is 1. The lowest BCUT2D eigenvalue weighted by Gasteiger charge is -2.28. The van der Waals surface area contributed by atoms with Crippen molar-refractivity contribution in [3.05, 3.63) is 77.1 Å². The fraction of sp³-hybridized carbons (Fsp3) is 0.273. The molecule has 0 radical (unpaired) electrons. The third-order valence-electron chi connectivity index (χ3n) is 4.59. The summed E-state index contributed by atoms with van der Waals surface area (Å²) >= 11 is 0. The molecule has 1 heterocycles. The van der Waals surface area contributed by atoms with E-state index in [0.29, 0.717) is 5.69 Å². The van der Waals surface area contributed by atoms with Crippen molar-refractivity contribution in [3.63, 3.8) is 0 Å². The van der Waals surface area contributed by atoms with Crippen molar-refractivity contribution in [2.45, 2.75) is 33.2 Å². The predicted octanol–water partition coefficient (Wildman–Crippen LogP) is 4.51. The summed E-state index contributed by atoms with van der Waals surface area (Å²) in [5, 5.41) is 10.6. The van der Waals surface area contributed by atoms with Crippen LogP contribution in [-0.2, 0) is 9.59 Å². The monoisotopic (exact) mass is 349 g/mol. The molecule has 2 aromatic rings. The van der Waals surface area contributed by atoms with Crippen molar-refractivity contribution in [1.82, 2.24) is 0 Å². The molecule has 0 saturated heterocycles. The zero-order valence-electron chi connectivity index (χ0n) is 15.3. The summed E-state index contributed by atoms with van der Waals surface area (Å²) in [6.45, 7) is 5.81. The molecular formula is C22H23NO3.